The van der Waals surface area contributed by atoms with Gasteiger partial charge in [0.25, 0.3) is 11.8 Å². The molecule has 5 rings (SSSR count). The van der Waals surface area contributed by atoms with E-state index < -0.39 is 5.91 Å². The summed E-state index contributed by atoms with van der Waals surface area (Å²) in [6.07, 6.45) is 7.44. The van der Waals surface area contributed by atoms with Crippen molar-refractivity contribution >= 4 is 40.2 Å². The van der Waals surface area contributed by atoms with E-state index in [0.717, 1.165) is 24.2 Å². The third kappa shape index (κ3) is 4.81. The van der Waals surface area contributed by atoms with Gasteiger partial charge in [-0.25, -0.2) is 0 Å². The molecule has 0 aliphatic carbocycles. The molecule has 11 nitrogen and oxygen atoms in total. The first-order chi connectivity index (χ1) is 17.8. The molecule has 1 aliphatic rings. The Labute approximate surface area is 213 Å². The van der Waals surface area contributed by atoms with Crippen LogP contribution in [0.25, 0.3) is 22.2 Å². The molecule has 37 heavy (non-hydrogen) atoms. The molecule has 5 heterocycles. The van der Waals surface area contributed by atoms with Crippen LogP contribution >= 0.6 is 0 Å². The van der Waals surface area contributed by atoms with Crippen molar-refractivity contribution in [3.8, 4) is 11.1 Å². The molecule has 1 aliphatic heterocycles. The number of pyridine rings is 3. The van der Waals surface area contributed by atoms with Gasteiger partial charge in [0.2, 0.25) is 5.88 Å². The van der Waals surface area contributed by atoms with Crippen LogP contribution in [0.1, 0.15) is 34.2 Å². The van der Waals surface area contributed by atoms with Gasteiger partial charge in [0.05, 0.1) is 17.6 Å². The van der Waals surface area contributed by atoms with Gasteiger partial charge in [-0.1, -0.05) is 13.0 Å². The molecule has 4 aromatic heterocycles. The molecule has 1 saturated heterocycles. The van der Waals surface area contributed by atoms with Crippen LogP contribution in [0.15, 0.2) is 53.5 Å². The first-order valence-electron chi connectivity index (χ1n) is 12.0. The van der Waals surface area contributed by atoms with Crippen molar-refractivity contribution in [2.45, 2.75) is 19.4 Å². The number of aromatic nitrogens is 3. The van der Waals surface area contributed by atoms with Crippen LogP contribution < -0.4 is 27.0 Å². The second-order valence-corrected chi connectivity index (χ2v) is 9.28. The molecule has 190 valence electrons. The summed E-state index contributed by atoms with van der Waals surface area (Å²) in [5, 5.41) is 5.46. The highest BCUT2D eigenvalue weighted by Crippen LogP contribution is 2.33. The average molecular weight is 501 g/mol. The maximum atomic E-state index is 13.3. The van der Waals surface area contributed by atoms with Gasteiger partial charge in [0, 0.05) is 55.9 Å². The van der Waals surface area contributed by atoms with Gasteiger partial charge in [-0.15, -0.1) is 0 Å². The van der Waals surface area contributed by atoms with Crippen LogP contribution in [-0.4, -0.2) is 52.9 Å². The Morgan fingerprint density at radius 2 is 1.89 bits per heavy atom. The Morgan fingerprint density at radius 1 is 1.08 bits per heavy atom. The molecule has 1 fully saturated rings. The first-order valence-corrected chi connectivity index (χ1v) is 12.0. The molecular weight excluding hydrogens is 472 g/mol. The zero-order valence-corrected chi connectivity index (χ0v) is 20.6. The van der Waals surface area contributed by atoms with Crippen LogP contribution in [0.4, 0.5) is 17.3 Å². The number of carbonyl (C=O) groups is 2. The number of nitrogens with two attached hydrogens (primary N) is 2. The molecule has 0 bridgehead atoms. The molecule has 0 radical (unpaired) electrons. The number of furan rings is 1. The van der Waals surface area contributed by atoms with Gasteiger partial charge in [-0.05, 0) is 30.5 Å². The van der Waals surface area contributed by atoms with E-state index in [1.807, 2.05) is 6.07 Å². The van der Waals surface area contributed by atoms with Gasteiger partial charge in [0.1, 0.15) is 16.8 Å². The lowest BCUT2D eigenvalue weighted by atomic mass is 9.96. The number of amides is 2. The quantitative estimate of drug-likeness (QED) is 0.322. The van der Waals surface area contributed by atoms with Crippen molar-refractivity contribution in [2.24, 2.45) is 11.7 Å². The van der Waals surface area contributed by atoms with Crippen molar-refractivity contribution in [3.05, 3.63) is 60.3 Å². The highest BCUT2D eigenvalue weighted by Gasteiger charge is 2.26. The number of hydrogen-bond acceptors (Lipinski definition) is 9. The Bertz CT molecular complexity index is 1460. The van der Waals surface area contributed by atoms with Crippen LogP contribution in [0.2, 0.25) is 0 Å². The second-order valence-electron chi connectivity index (χ2n) is 9.28. The molecule has 2 atom stereocenters. The highest BCUT2D eigenvalue weighted by molar-refractivity contribution is 6.15. The summed E-state index contributed by atoms with van der Waals surface area (Å²) < 4.78 is 5.70. The van der Waals surface area contributed by atoms with E-state index >= 15 is 0 Å². The summed E-state index contributed by atoms with van der Waals surface area (Å²) in [5.74, 6) is -0.326. The Balaban J connectivity index is 1.42. The lowest BCUT2D eigenvalue weighted by molar-refractivity contribution is 0.0957. The number of fused-ring (bicyclic) bond motifs is 1. The van der Waals surface area contributed by atoms with Gasteiger partial charge in [-0.2, -0.15) is 0 Å². The van der Waals surface area contributed by atoms with E-state index in [0.29, 0.717) is 40.5 Å². The number of hydrogen-bond donors (Lipinski definition) is 4. The maximum absolute atomic E-state index is 13.3. The predicted octanol–water partition coefficient (Wildman–Crippen LogP) is 2.65. The SMILES string of the molecule is CNC(=O)c1ccc(-c2cnc3c(C(=O)Nc4cnccc4N4C[C@@H](C)C[C@@H](N)C4)c(N)oc3c2)cn1. The minimum absolute atomic E-state index is 0.0377. The molecule has 0 saturated carbocycles. The fraction of sp³-hybridized carbons (Fsp3) is 0.269. The summed E-state index contributed by atoms with van der Waals surface area (Å²) in [4.78, 5) is 40.1. The summed E-state index contributed by atoms with van der Waals surface area (Å²) in [6, 6.07) is 7.04. The van der Waals surface area contributed by atoms with E-state index in [1.54, 1.807) is 50.0 Å². The number of nitrogens with zero attached hydrogens (tertiary/aromatic N) is 4. The van der Waals surface area contributed by atoms with E-state index in [1.165, 1.54) is 0 Å². The lowest BCUT2D eigenvalue weighted by Crippen LogP contribution is -2.46. The zero-order chi connectivity index (χ0) is 26.1. The number of nitrogen functional groups attached to an aromatic ring is 1. The van der Waals surface area contributed by atoms with Crippen LogP contribution in [-0.2, 0) is 0 Å². The van der Waals surface area contributed by atoms with Gasteiger partial charge in [-0.3, -0.25) is 24.5 Å². The summed E-state index contributed by atoms with van der Waals surface area (Å²) in [7, 11) is 1.55. The Hall–Kier alpha value is -4.51. The molecule has 0 aromatic carbocycles. The Kier molecular flexibility index (Phi) is 6.45. The van der Waals surface area contributed by atoms with Gasteiger partial charge >= 0.3 is 0 Å². The normalized spacial score (nSPS) is 17.5. The third-order valence-electron chi connectivity index (χ3n) is 6.42. The lowest BCUT2D eigenvalue weighted by Gasteiger charge is -2.37. The summed E-state index contributed by atoms with van der Waals surface area (Å²) in [6.45, 7) is 3.69. The first kappa shape index (κ1) is 24.2. The standard InChI is InChI=1S/C26H28N8O3/c1-14-7-17(27)13-34(12-14)20-5-6-30-11-19(20)33-26(36)22-23-21(37-24(22)28)8-16(10-32-23)15-3-4-18(31-9-15)25(35)29-2/h3-6,8-11,14,17H,7,12-13,27-28H2,1-2H3,(H,29,35)(H,33,36)/t14-,17+/m0/s1. The van der Waals surface area contributed by atoms with Crippen molar-refractivity contribution < 1.29 is 14.0 Å². The van der Waals surface area contributed by atoms with Crippen molar-refractivity contribution in [1.29, 1.82) is 0 Å². The van der Waals surface area contributed by atoms with Crippen molar-refractivity contribution in [3.63, 3.8) is 0 Å². The van der Waals surface area contributed by atoms with E-state index in [-0.39, 0.29) is 23.4 Å². The topological polar surface area (TPSA) is 165 Å². The molecule has 4 aromatic rings. The highest BCUT2D eigenvalue weighted by atomic mass is 16.3. The number of rotatable bonds is 5. The third-order valence-corrected chi connectivity index (χ3v) is 6.42. The van der Waals surface area contributed by atoms with Crippen molar-refractivity contribution in [2.75, 3.05) is 36.1 Å². The van der Waals surface area contributed by atoms with Gasteiger partial charge in [0.15, 0.2) is 5.58 Å². The fourth-order valence-corrected chi connectivity index (χ4v) is 4.74. The zero-order valence-electron chi connectivity index (χ0n) is 20.6. The van der Waals surface area contributed by atoms with E-state index in [4.69, 9.17) is 15.9 Å². The molecule has 0 unspecified atom stereocenters. The minimum Gasteiger partial charge on any atom is -0.438 e. The molecule has 2 amide bonds. The van der Waals surface area contributed by atoms with Gasteiger partial charge < -0.3 is 31.4 Å². The maximum Gasteiger partial charge on any atom is 0.269 e. The smallest absolute Gasteiger partial charge is 0.269 e. The number of anilines is 3. The van der Waals surface area contributed by atoms with Crippen molar-refractivity contribution in [1.82, 2.24) is 20.3 Å². The Morgan fingerprint density at radius 3 is 2.62 bits per heavy atom. The fourth-order valence-electron chi connectivity index (χ4n) is 4.74. The minimum atomic E-state index is -0.447. The summed E-state index contributed by atoms with van der Waals surface area (Å²) >= 11 is 0. The molecule has 11 heteroatoms. The molecule has 0 spiro atoms. The predicted molar refractivity (Wildman–Crippen MR) is 141 cm³/mol. The average Bonchev–Trinajstić information content (AvgIpc) is 3.23. The summed E-state index contributed by atoms with van der Waals surface area (Å²) in [5.41, 5.74) is 16.3. The van der Waals surface area contributed by atoms with Crippen LogP contribution in [0.5, 0.6) is 0 Å². The molecule has 6 N–H and O–H groups in total. The largest absolute Gasteiger partial charge is 0.438 e. The van der Waals surface area contributed by atoms with Crippen LogP contribution in [0, 0.1) is 5.92 Å². The number of nitrogens with one attached hydrogen (secondary N) is 2. The van der Waals surface area contributed by atoms with E-state index in [2.05, 4.69) is 37.4 Å². The second kappa shape index (κ2) is 9.86. The number of carbonyl (C=O) groups excluding carboxylic acids is 2. The van der Waals surface area contributed by atoms with Crippen LogP contribution in [0.3, 0.4) is 0 Å². The molecular formula is C26H28N8O3. The van der Waals surface area contributed by atoms with E-state index in [9.17, 15) is 9.59 Å². The monoisotopic (exact) mass is 500 g/mol. The number of piperidine rings is 1.